The van der Waals surface area contributed by atoms with E-state index in [1.54, 1.807) is 20.8 Å². The number of nitrogens with one attached hydrogen (secondary N) is 3. The fourth-order valence-corrected chi connectivity index (χ4v) is 5.13. The Morgan fingerprint density at radius 3 is 2.00 bits per heavy atom. The van der Waals surface area contributed by atoms with E-state index < -0.39 is 41.7 Å². The fourth-order valence-electron chi connectivity index (χ4n) is 5.13. The Morgan fingerprint density at radius 1 is 0.837 bits per heavy atom. The molecule has 2 aromatic rings. The van der Waals surface area contributed by atoms with Crippen molar-refractivity contribution in [3.8, 4) is 11.1 Å². The van der Waals surface area contributed by atoms with Crippen molar-refractivity contribution >= 4 is 24.1 Å². The van der Waals surface area contributed by atoms with Gasteiger partial charge in [0, 0.05) is 12.5 Å². The predicted molar refractivity (Wildman–Crippen MR) is 163 cm³/mol. The van der Waals surface area contributed by atoms with E-state index in [4.69, 9.17) is 14.2 Å². The Bertz CT molecular complexity index is 1230. The lowest BCUT2D eigenvalue weighted by Gasteiger charge is -2.24. The molecule has 0 radical (unpaired) electrons. The predicted octanol–water partition coefficient (Wildman–Crippen LogP) is 5.29. The van der Waals surface area contributed by atoms with Crippen molar-refractivity contribution in [2.75, 3.05) is 20.3 Å². The van der Waals surface area contributed by atoms with Gasteiger partial charge in [-0.3, -0.25) is 4.79 Å². The Hall–Kier alpha value is -4.08. The summed E-state index contributed by atoms with van der Waals surface area (Å²) in [6.07, 6.45) is 0.532. The normalized spacial score (nSPS) is 13.7. The van der Waals surface area contributed by atoms with Crippen LogP contribution in [0.2, 0.25) is 0 Å². The minimum atomic E-state index is -0.906. The topological polar surface area (TPSA) is 132 Å². The highest BCUT2D eigenvalue weighted by molar-refractivity contribution is 5.89. The summed E-state index contributed by atoms with van der Waals surface area (Å²) in [6.45, 7) is 9.71. The molecule has 10 heteroatoms. The highest BCUT2D eigenvalue weighted by Gasteiger charge is 2.31. The smallest absolute Gasteiger partial charge is 0.407 e. The maximum absolute atomic E-state index is 13.3. The van der Waals surface area contributed by atoms with Gasteiger partial charge in [-0.1, -0.05) is 62.4 Å². The average Bonchev–Trinajstić information content (AvgIpc) is 3.26. The van der Waals surface area contributed by atoms with Crippen LogP contribution in [0.25, 0.3) is 11.1 Å². The Morgan fingerprint density at radius 2 is 1.44 bits per heavy atom. The lowest BCUT2D eigenvalue weighted by Crippen LogP contribution is -2.52. The molecule has 234 valence electrons. The first-order chi connectivity index (χ1) is 20.4. The van der Waals surface area contributed by atoms with E-state index in [0.717, 1.165) is 22.3 Å². The Labute approximate surface area is 254 Å². The monoisotopic (exact) mass is 595 g/mol. The minimum absolute atomic E-state index is 0.0835. The molecule has 0 aliphatic heterocycles. The third-order valence-electron chi connectivity index (χ3n) is 7.05. The number of hydrogen-bond donors (Lipinski definition) is 3. The first-order valence-electron chi connectivity index (χ1n) is 14.9. The number of alkyl carbamates (subject to hydrolysis) is 2. The lowest BCUT2D eigenvalue weighted by molar-refractivity contribution is -0.145. The summed E-state index contributed by atoms with van der Waals surface area (Å²) in [7, 11) is 1.26. The van der Waals surface area contributed by atoms with E-state index in [9.17, 15) is 19.2 Å². The van der Waals surface area contributed by atoms with Gasteiger partial charge in [0.05, 0.1) is 7.11 Å². The maximum atomic E-state index is 13.3. The number of carbonyl (C=O) groups is 4. The van der Waals surface area contributed by atoms with E-state index in [-0.39, 0.29) is 18.4 Å². The molecule has 3 amide bonds. The van der Waals surface area contributed by atoms with Gasteiger partial charge in [0.2, 0.25) is 5.91 Å². The van der Waals surface area contributed by atoms with Crippen molar-refractivity contribution in [1.29, 1.82) is 0 Å². The summed E-state index contributed by atoms with van der Waals surface area (Å²) in [5, 5.41) is 8.12. The summed E-state index contributed by atoms with van der Waals surface area (Å²) in [5.74, 6) is -1.11. The molecule has 0 aromatic heterocycles. The van der Waals surface area contributed by atoms with E-state index >= 15 is 0 Å². The number of carbonyl (C=O) groups excluding carboxylic acids is 4. The second kappa shape index (κ2) is 15.4. The summed E-state index contributed by atoms with van der Waals surface area (Å²) in [5.41, 5.74) is 3.84. The van der Waals surface area contributed by atoms with Crippen LogP contribution in [-0.4, -0.2) is 62.0 Å². The number of hydrogen-bond acceptors (Lipinski definition) is 7. The molecule has 1 aliphatic carbocycles. The van der Waals surface area contributed by atoms with Crippen LogP contribution in [0.1, 0.15) is 77.3 Å². The van der Waals surface area contributed by atoms with Crippen molar-refractivity contribution in [1.82, 2.24) is 16.0 Å². The summed E-state index contributed by atoms with van der Waals surface area (Å²) in [4.78, 5) is 50.5. The van der Waals surface area contributed by atoms with Crippen LogP contribution >= 0.6 is 0 Å². The van der Waals surface area contributed by atoms with Gasteiger partial charge in [-0.15, -0.1) is 0 Å². The summed E-state index contributed by atoms with van der Waals surface area (Å²) < 4.78 is 15.8. The number of esters is 1. The number of benzene rings is 2. The Kier molecular flexibility index (Phi) is 12.0. The van der Waals surface area contributed by atoms with Gasteiger partial charge in [-0.25, -0.2) is 14.4 Å². The highest BCUT2D eigenvalue weighted by atomic mass is 16.6. The molecule has 0 heterocycles. The molecule has 43 heavy (non-hydrogen) atoms. The van der Waals surface area contributed by atoms with Gasteiger partial charge in [0.25, 0.3) is 0 Å². The quantitative estimate of drug-likeness (QED) is 0.163. The van der Waals surface area contributed by atoms with Gasteiger partial charge in [0.1, 0.15) is 24.3 Å². The van der Waals surface area contributed by atoms with Gasteiger partial charge >= 0.3 is 18.2 Å². The molecule has 2 aromatic carbocycles. The van der Waals surface area contributed by atoms with Crippen molar-refractivity contribution in [3.63, 3.8) is 0 Å². The number of unbranched alkanes of at least 4 members (excludes halogenated alkanes) is 1. The van der Waals surface area contributed by atoms with Gasteiger partial charge in [-0.2, -0.15) is 0 Å². The Balaban J connectivity index is 1.55. The zero-order valence-corrected chi connectivity index (χ0v) is 26.0. The van der Waals surface area contributed by atoms with E-state index in [1.165, 1.54) is 7.11 Å². The molecular weight excluding hydrogens is 550 g/mol. The molecule has 0 saturated carbocycles. The van der Waals surface area contributed by atoms with Gasteiger partial charge < -0.3 is 30.2 Å². The molecule has 0 fully saturated rings. The van der Waals surface area contributed by atoms with E-state index in [2.05, 4.69) is 28.1 Å². The van der Waals surface area contributed by atoms with Crippen LogP contribution in [0.3, 0.4) is 0 Å². The second-order valence-electron chi connectivity index (χ2n) is 12.2. The van der Waals surface area contributed by atoms with Crippen LogP contribution in [0.5, 0.6) is 0 Å². The molecule has 1 aliphatic rings. The second-order valence-corrected chi connectivity index (χ2v) is 12.2. The zero-order valence-electron chi connectivity index (χ0n) is 26.0. The third kappa shape index (κ3) is 10.0. The number of fused-ring (bicyclic) bond motifs is 3. The van der Waals surface area contributed by atoms with Gasteiger partial charge in [-0.05, 0) is 74.6 Å². The van der Waals surface area contributed by atoms with Crippen molar-refractivity contribution in [2.45, 2.75) is 83.9 Å². The molecule has 0 bridgehead atoms. The van der Waals surface area contributed by atoms with Crippen LogP contribution in [-0.2, 0) is 23.8 Å². The van der Waals surface area contributed by atoms with E-state index in [1.807, 2.05) is 50.2 Å². The fraction of sp³-hybridized carbons (Fsp3) is 0.515. The number of amides is 3. The molecule has 10 nitrogen and oxygen atoms in total. The van der Waals surface area contributed by atoms with Crippen LogP contribution in [0.4, 0.5) is 9.59 Å². The summed E-state index contributed by atoms with van der Waals surface area (Å²) in [6, 6.07) is 14.3. The first kappa shape index (κ1) is 33.4. The van der Waals surface area contributed by atoms with Crippen LogP contribution < -0.4 is 16.0 Å². The first-order valence-corrected chi connectivity index (χ1v) is 14.9. The number of rotatable bonds is 13. The SMILES string of the molecule is COC(=O)[C@H](CCCCNC(=O)OC(C)(C)C)NC(=O)[C@H](CC(C)C)NC(=O)OCC1c2ccccc2-c2ccccc21. The third-order valence-corrected chi connectivity index (χ3v) is 7.05. The average molecular weight is 596 g/mol. The van der Waals surface area contributed by atoms with Crippen molar-refractivity contribution in [3.05, 3.63) is 59.7 Å². The van der Waals surface area contributed by atoms with Gasteiger partial charge in [0.15, 0.2) is 0 Å². The van der Waals surface area contributed by atoms with Crippen LogP contribution in [0, 0.1) is 5.92 Å². The zero-order chi connectivity index (χ0) is 31.6. The number of methoxy groups -OCH3 is 1. The molecule has 3 rings (SSSR count). The van der Waals surface area contributed by atoms with Crippen molar-refractivity contribution < 1.29 is 33.4 Å². The molecule has 0 unspecified atom stereocenters. The maximum Gasteiger partial charge on any atom is 0.407 e. The lowest BCUT2D eigenvalue weighted by atomic mass is 9.98. The molecule has 0 spiro atoms. The summed E-state index contributed by atoms with van der Waals surface area (Å²) >= 11 is 0. The molecular formula is C33H45N3O7. The largest absolute Gasteiger partial charge is 0.467 e. The molecule has 2 atom stereocenters. The molecule has 3 N–H and O–H groups in total. The van der Waals surface area contributed by atoms with Crippen LogP contribution in [0.15, 0.2) is 48.5 Å². The number of ether oxygens (including phenoxy) is 3. The van der Waals surface area contributed by atoms with Crippen molar-refractivity contribution in [2.24, 2.45) is 5.92 Å². The molecule has 0 saturated heterocycles. The van der Waals surface area contributed by atoms with E-state index in [0.29, 0.717) is 32.2 Å². The minimum Gasteiger partial charge on any atom is -0.467 e. The standard InChI is InChI=1S/C33H45N3O7/c1-21(2)19-28(29(37)35-27(30(38)41-6)17-11-12-18-34-31(39)43-33(3,4)5)36-32(40)42-20-26-24-15-9-7-13-22(24)23-14-8-10-16-25(23)26/h7-10,13-16,21,26-28H,11-12,17-20H2,1-6H3,(H,34,39)(H,35,37)(H,36,40)/t27-,28-/m0/s1. The highest BCUT2D eigenvalue weighted by Crippen LogP contribution is 2.44.